The van der Waals surface area contributed by atoms with Crippen molar-refractivity contribution in [3.05, 3.63) is 29.8 Å². The van der Waals surface area contributed by atoms with Crippen LogP contribution in [-0.2, 0) is 0 Å². The van der Waals surface area contributed by atoms with Gasteiger partial charge in [0, 0.05) is 24.3 Å². The van der Waals surface area contributed by atoms with Gasteiger partial charge in [-0.25, -0.2) is 0 Å². The molecule has 0 saturated carbocycles. The van der Waals surface area contributed by atoms with Crippen molar-refractivity contribution >= 4 is 11.6 Å². The highest BCUT2D eigenvalue weighted by Gasteiger charge is 2.39. The van der Waals surface area contributed by atoms with E-state index < -0.39 is 5.60 Å². The number of aliphatic hydroxyl groups is 1. The van der Waals surface area contributed by atoms with Gasteiger partial charge in [0.25, 0.3) is 5.91 Å². The molecule has 1 aromatic carbocycles. The highest BCUT2D eigenvalue weighted by atomic mass is 16.3. The quantitative estimate of drug-likeness (QED) is 0.899. The number of hydrogen-bond donors (Lipinski definition) is 1. The monoisotopic (exact) mass is 262 g/mol. The highest BCUT2D eigenvalue weighted by Crippen LogP contribution is 2.23. The Labute approximate surface area is 114 Å². The Hall–Kier alpha value is -1.55. The molecule has 1 amide bonds. The SMILES string of the molecule is CCN(CC)c1ccc(C(=O)N2CC(C)(O)C2)cc1. The first-order valence-corrected chi connectivity index (χ1v) is 6.83. The van der Waals surface area contributed by atoms with Gasteiger partial charge >= 0.3 is 0 Å². The van der Waals surface area contributed by atoms with Gasteiger partial charge in [0.15, 0.2) is 0 Å². The maximum Gasteiger partial charge on any atom is 0.254 e. The molecule has 1 fully saturated rings. The second kappa shape index (κ2) is 5.21. The van der Waals surface area contributed by atoms with Gasteiger partial charge in [-0.2, -0.15) is 0 Å². The van der Waals surface area contributed by atoms with Crippen molar-refractivity contribution in [2.24, 2.45) is 0 Å². The Morgan fingerprint density at radius 3 is 2.21 bits per heavy atom. The molecule has 0 unspecified atom stereocenters. The smallest absolute Gasteiger partial charge is 0.254 e. The first kappa shape index (κ1) is 13.9. The van der Waals surface area contributed by atoms with E-state index >= 15 is 0 Å². The first-order chi connectivity index (χ1) is 8.96. The molecule has 1 aliphatic rings. The van der Waals surface area contributed by atoms with Crippen LogP contribution in [0.5, 0.6) is 0 Å². The lowest BCUT2D eigenvalue weighted by Crippen LogP contribution is -2.61. The minimum Gasteiger partial charge on any atom is -0.386 e. The zero-order chi connectivity index (χ0) is 14.0. The average molecular weight is 262 g/mol. The summed E-state index contributed by atoms with van der Waals surface area (Å²) in [5.41, 5.74) is 1.11. The number of benzene rings is 1. The third-order valence-corrected chi connectivity index (χ3v) is 3.59. The Bertz CT molecular complexity index is 442. The molecule has 4 nitrogen and oxygen atoms in total. The van der Waals surface area contributed by atoms with E-state index in [1.165, 1.54) is 0 Å². The third-order valence-electron chi connectivity index (χ3n) is 3.59. The Morgan fingerprint density at radius 1 is 1.26 bits per heavy atom. The summed E-state index contributed by atoms with van der Waals surface area (Å²) in [6.45, 7) is 8.74. The van der Waals surface area contributed by atoms with E-state index in [0.29, 0.717) is 18.7 Å². The summed E-state index contributed by atoms with van der Waals surface area (Å²) >= 11 is 0. The van der Waals surface area contributed by atoms with Gasteiger partial charge in [-0.1, -0.05) is 0 Å². The molecular formula is C15H22N2O2. The highest BCUT2D eigenvalue weighted by molar-refractivity contribution is 5.95. The third kappa shape index (κ3) is 2.89. The summed E-state index contributed by atoms with van der Waals surface area (Å²) in [6, 6.07) is 7.70. The van der Waals surface area contributed by atoms with E-state index in [9.17, 15) is 9.90 Å². The molecular weight excluding hydrogens is 240 g/mol. The first-order valence-electron chi connectivity index (χ1n) is 6.83. The number of carbonyl (C=O) groups is 1. The molecule has 0 radical (unpaired) electrons. The standard InChI is InChI=1S/C15H22N2O2/c1-4-16(5-2)13-8-6-12(7-9-13)14(18)17-10-15(3,19)11-17/h6-9,19H,4-5,10-11H2,1-3H3. The number of anilines is 1. The summed E-state index contributed by atoms with van der Waals surface area (Å²) in [5, 5.41) is 9.66. The topological polar surface area (TPSA) is 43.8 Å². The Morgan fingerprint density at radius 2 is 1.79 bits per heavy atom. The largest absolute Gasteiger partial charge is 0.386 e. The van der Waals surface area contributed by atoms with E-state index in [2.05, 4.69) is 18.7 Å². The van der Waals surface area contributed by atoms with Crippen molar-refractivity contribution < 1.29 is 9.90 Å². The van der Waals surface area contributed by atoms with Crippen LogP contribution in [0.15, 0.2) is 24.3 Å². The number of rotatable bonds is 4. The van der Waals surface area contributed by atoms with Gasteiger partial charge < -0.3 is 14.9 Å². The maximum atomic E-state index is 12.1. The molecule has 0 atom stereocenters. The predicted octanol–water partition coefficient (Wildman–Crippen LogP) is 1.74. The lowest BCUT2D eigenvalue weighted by Gasteiger charge is -2.44. The molecule has 0 aliphatic carbocycles. The van der Waals surface area contributed by atoms with Gasteiger partial charge in [-0.3, -0.25) is 4.79 Å². The van der Waals surface area contributed by atoms with Crippen LogP contribution < -0.4 is 4.90 Å². The van der Waals surface area contributed by atoms with Crippen molar-refractivity contribution in [1.29, 1.82) is 0 Å². The van der Waals surface area contributed by atoms with Crippen LogP contribution in [0, 0.1) is 0 Å². The molecule has 1 saturated heterocycles. The predicted molar refractivity (Wildman–Crippen MR) is 76.5 cm³/mol. The fourth-order valence-electron chi connectivity index (χ4n) is 2.51. The molecule has 4 heteroatoms. The number of amides is 1. The van der Waals surface area contributed by atoms with Crippen molar-refractivity contribution in [3.8, 4) is 0 Å². The number of nitrogens with zero attached hydrogens (tertiary/aromatic N) is 2. The molecule has 0 aromatic heterocycles. The van der Waals surface area contributed by atoms with E-state index in [1.54, 1.807) is 11.8 Å². The van der Waals surface area contributed by atoms with Crippen molar-refractivity contribution in [2.75, 3.05) is 31.1 Å². The summed E-state index contributed by atoms with van der Waals surface area (Å²) < 4.78 is 0. The van der Waals surface area contributed by atoms with Crippen molar-refractivity contribution in [1.82, 2.24) is 4.90 Å². The molecule has 1 N–H and O–H groups in total. The van der Waals surface area contributed by atoms with Gasteiger partial charge in [-0.15, -0.1) is 0 Å². The van der Waals surface area contributed by atoms with Gasteiger partial charge in [-0.05, 0) is 45.0 Å². The minimum atomic E-state index is -0.711. The van der Waals surface area contributed by atoms with Gasteiger partial charge in [0.2, 0.25) is 0 Å². The minimum absolute atomic E-state index is 0.00220. The van der Waals surface area contributed by atoms with E-state index in [1.807, 2.05) is 24.3 Å². The summed E-state index contributed by atoms with van der Waals surface area (Å²) in [6.07, 6.45) is 0. The maximum absolute atomic E-state index is 12.1. The van der Waals surface area contributed by atoms with Crippen molar-refractivity contribution in [3.63, 3.8) is 0 Å². The molecule has 0 spiro atoms. The van der Waals surface area contributed by atoms with Crippen molar-refractivity contribution in [2.45, 2.75) is 26.4 Å². The molecule has 0 bridgehead atoms. The zero-order valence-corrected chi connectivity index (χ0v) is 11.9. The Balaban J connectivity index is 2.04. The van der Waals surface area contributed by atoms with Gasteiger partial charge in [0.1, 0.15) is 0 Å². The van der Waals surface area contributed by atoms with E-state index in [4.69, 9.17) is 0 Å². The molecule has 1 aliphatic heterocycles. The van der Waals surface area contributed by atoms with Crippen LogP contribution in [0.4, 0.5) is 5.69 Å². The number of hydrogen-bond acceptors (Lipinski definition) is 3. The molecule has 1 aromatic rings. The number of likely N-dealkylation sites (tertiary alicyclic amines) is 1. The van der Waals surface area contributed by atoms with E-state index in [-0.39, 0.29) is 5.91 Å². The lowest BCUT2D eigenvalue weighted by atomic mass is 9.96. The Kier molecular flexibility index (Phi) is 3.80. The van der Waals surface area contributed by atoms with Crippen LogP contribution in [0.1, 0.15) is 31.1 Å². The fourth-order valence-corrected chi connectivity index (χ4v) is 2.51. The molecule has 104 valence electrons. The zero-order valence-electron chi connectivity index (χ0n) is 11.9. The normalized spacial score (nSPS) is 16.9. The van der Waals surface area contributed by atoms with E-state index in [0.717, 1.165) is 18.8 Å². The summed E-state index contributed by atoms with van der Waals surface area (Å²) in [7, 11) is 0. The fraction of sp³-hybridized carbons (Fsp3) is 0.533. The van der Waals surface area contributed by atoms with Gasteiger partial charge in [0.05, 0.1) is 18.7 Å². The summed E-state index contributed by atoms with van der Waals surface area (Å²) in [5.74, 6) is -0.00220. The van der Waals surface area contributed by atoms with Crippen LogP contribution >= 0.6 is 0 Å². The van der Waals surface area contributed by atoms with Crippen LogP contribution in [0.25, 0.3) is 0 Å². The molecule has 1 heterocycles. The van der Waals surface area contributed by atoms with Crippen LogP contribution in [-0.4, -0.2) is 47.7 Å². The summed E-state index contributed by atoms with van der Waals surface area (Å²) in [4.78, 5) is 16.0. The lowest BCUT2D eigenvalue weighted by molar-refractivity contribution is -0.0668. The molecule has 2 rings (SSSR count). The average Bonchev–Trinajstić information content (AvgIpc) is 2.37. The number of carbonyl (C=O) groups excluding carboxylic acids is 1. The molecule has 19 heavy (non-hydrogen) atoms. The second-order valence-corrected chi connectivity index (χ2v) is 5.38. The van der Waals surface area contributed by atoms with Crippen LogP contribution in [0.2, 0.25) is 0 Å². The van der Waals surface area contributed by atoms with Crippen LogP contribution in [0.3, 0.4) is 0 Å². The second-order valence-electron chi connectivity index (χ2n) is 5.38. The number of β-amino-alcohol motifs (C(OH)–C–C–N with tert-alkyl or cyclic N) is 1.